The van der Waals surface area contributed by atoms with Gasteiger partial charge < -0.3 is 5.11 Å². The predicted molar refractivity (Wildman–Crippen MR) is 78.9 cm³/mol. The molecule has 0 amide bonds. The van der Waals surface area contributed by atoms with Crippen molar-refractivity contribution in [2.75, 3.05) is 6.54 Å². The van der Waals surface area contributed by atoms with Gasteiger partial charge in [-0.2, -0.15) is 0 Å². The van der Waals surface area contributed by atoms with Crippen LogP contribution in [-0.2, 0) is 11.3 Å². The molecule has 1 aromatic rings. The van der Waals surface area contributed by atoms with E-state index in [4.69, 9.17) is 0 Å². The highest BCUT2D eigenvalue weighted by Crippen LogP contribution is 2.42. The second-order valence-corrected chi connectivity index (χ2v) is 7.29. The molecule has 3 unspecified atom stereocenters. The molecule has 0 radical (unpaired) electrons. The van der Waals surface area contributed by atoms with Crippen molar-refractivity contribution in [1.29, 1.82) is 0 Å². The number of hydrogen-bond donors (Lipinski definition) is 1. The van der Waals surface area contributed by atoms with Crippen LogP contribution in [0.15, 0.2) is 5.38 Å². The van der Waals surface area contributed by atoms with E-state index in [2.05, 4.69) is 29.1 Å². The zero-order chi connectivity index (χ0) is 14.3. The van der Waals surface area contributed by atoms with Crippen molar-refractivity contribution in [1.82, 2.24) is 9.88 Å². The van der Waals surface area contributed by atoms with Crippen LogP contribution in [0.5, 0.6) is 0 Å². The lowest BCUT2D eigenvalue weighted by Gasteiger charge is -2.23. The molecule has 1 aromatic heterocycles. The van der Waals surface area contributed by atoms with Gasteiger partial charge in [0.2, 0.25) is 0 Å². The molecule has 1 N–H and O–H groups in total. The smallest absolute Gasteiger partial charge is 0.321 e. The zero-order valence-corrected chi connectivity index (χ0v) is 12.9. The predicted octanol–water partition coefficient (Wildman–Crippen LogP) is 2.95. The highest BCUT2D eigenvalue weighted by Gasteiger charge is 2.47. The Morgan fingerprint density at radius 3 is 3.00 bits per heavy atom. The molecule has 3 rings (SSSR count). The molecule has 5 heteroatoms. The van der Waals surface area contributed by atoms with Crippen molar-refractivity contribution in [2.24, 2.45) is 11.8 Å². The van der Waals surface area contributed by atoms with Crippen LogP contribution in [0, 0.1) is 11.8 Å². The Labute approximate surface area is 123 Å². The SMILES string of the molecule is CC(C)c1nc(CN2CC3CCCC3C2C(=O)O)cs1. The number of rotatable bonds is 4. The second-order valence-electron chi connectivity index (χ2n) is 6.40. The molecule has 20 heavy (non-hydrogen) atoms. The van der Waals surface area contributed by atoms with E-state index < -0.39 is 5.97 Å². The van der Waals surface area contributed by atoms with Crippen LogP contribution >= 0.6 is 11.3 Å². The molecule has 2 aliphatic rings. The average Bonchev–Trinajstić information content (AvgIpc) is 3.02. The Kier molecular flexibility index (Phi) is 3.82. The van der Waals surface area contributed by atoms with Gasteiger partial charge in [0.25, 0.3) is 0 Å². The first kappa shape index (κ1) is 14.0. The van der Waals surface area contributed by atoms with Gasteiger partial charge in [0.05, 0.1) is 10.7 Å². The van der Waals surface area contributed by atoms with Crippen LogP contribution < -0.4 is 0 Å². The fourth-order valence-corrected chi connectivity index (χ4v) is 4.59. The first-order valence-corrected chi connectivity index (χ1v) is 8.35. The Balaban J connectivity index is 1.74. The number of fused-ring (bicyclic) bond motifs is 1. The number of carbonyl (C=O) groups is 1. The fraction of sp³-hybridized carbons (Fsp3) is 0.733. The third-order valence-electron chi connectivity index (χ3n) is 4.67. The lowest BCUT2D eigenvalue weighted by molar-refractivity contribution is -0.143. The van der Waals surface area contributed by atoms with Crippen LogP contribution in [0.1, 0.15) is 49.7 Å². The summed E-state index contributed by atoms with van der Waals surface area (Å²) in [6.45, 7) is 5.90. The molecular formula is C15H22N2O2S. The summed E-state index contributed by atoms with van der Waals surface area (Å²) in [5.41, 5.74) is 1.03. The topological polar surface area (TPSA) is 53.4 Å². The van der Waals surface area contributed by atoms with Gasteiger partial charge in [-0.1, -0.05) is 20.3 Å². The van der Waals surface area contributed by atoms with Crippen LogP contribution in [0.25, 0.3) is 0 Å². The molecule has 1 saturated carbocycles. The largest absolute Gasteiger partial charge is 0.480 e. The minimum absolute atomic E-state index is 0.299. The Morgan fingerprint density at radius 1 is 1.55 bits per heavy atom. The fourth-order valence-electron chi connectivity index (χ4n) is 3.76. The number of aromatic nitrogens is 1. The molecule has 1 aliphatic heterocycles. The molecule has 1 saturated heterocycles. The first-order chi connectivity index (χ1) is 9.56. The first-order valence-electron chi connectivity index (χ1n) is 7.47. The summed E-state index contributed by atoms with van der Waals surface area (Å²) in [6, 6.07) is -0.299. The number of carboxylic acid groups (broad SMARTS) is 1. The van der Waals surface area contributed by atoms with Gasteiger partial charge in [-0.3, -0.25) is 9.69 Å². The quantitative estimate of drug-likeness (QED) is 0.927. The highest BCUT2D eigenvalue weighted by atomic mass is 32.1. The average molecular weight is 294 g/mol. The minimum atomic E-state index is -0.654. The number of nitrogens with zero attached hydrogens (tertiary/aromatic N) is 2. The van der Waals surface area contributed by atoms with Gasteiger partial charge in [0.1, 0.15) is 6.04 Å². The molecule has 4 nitrogen and oxygen atoms in total. The second kappa shape index (κ2) is 5.45. The lowest BCUT2D eigenvalue weighted by Crippen LogP contribution is -2.39. The Hall–Kier alpha value is -0.940. The molecular weight excluding hydrogens is 272 g/mol. The van der Waals surface area contributed by atoms with E-state index in [1.54, 1.807) is 11.3 Å². The Bertz CT molecular complexity index is 500. The van der Waals surface area contributed by atoms with Gasteiger partial charge >= 0.3 is 5.97 Å². The maximum atomic E-state index is 11.6. The maximum Gasteiger partial charge on any atom is 0.321 e. The third-order valence-corrected chi connectivity index (χ3v) is 5.86. The normalized spacial score (nSPS) is 30.1. The number of aliphatic carboxylic acids is 1. The summed E-state index contributed by atoms with van der Waals surface area (Å²) in [7, 11) is 0. The third kappa shape index (κ3) is 2.49. The summed E-state index contributed by atoms with van der Waals surface area (Å²) >= 11 is 1.69. The van der Waals surface area contributed by atoms with E-state index in [-0.39, 0.29) is 6.04 Å². The summed E-state index contributed by atoms with van der Waals surface area (Å²) in [6.07, 6.45) is 3.47. The lowest BCUT2D eigenvalue weighted by atomic mass is 9.94. The standard InChI is InChI=1S/C15H22N2O2S/c1-9(2)14-16-11(8-20-14)7-17-6-10-4-3-5-12(10)13(17)15(18)19/h8-10,12-13H,3-7H2,1-2H3,(H,18,19). The van der Waals surface area contributed by atoms with E-state index >= 15 is 0 Å². The molecule has 0 aromatic carbocycles. The van der Waals surface area contributed by atoms with Gasteiger partial charge in [0.15, 0.2) is 0 Å². The van der Waals surface area contributed by atoms with Crippen LogP contribution in [0.3, 0.4) is 0 Å². The molecule has 110 valence electrons. The van der Waals surface area contributed by atoms with Crippen LogP contribution in [-0.4, -0.2) is 33.5 Å². The molecule has 0 bridgehead atoms. The maximum absolute atomic E-state index is 11.6. The van der Waals surface area contributed by atoms with Gasteiger partial charge in [-0.25, -0.2) is 4.98 Å². The van der Waals surface area contributed by atoms with Crippen molar-refractivity contribution in [2.45, 2.75) is 51.6 Å². The minimum Gasteiger partial charge on any atom is -0.480 e. The molecule has 0 spiro atoms. The van der Waals surface area contributed by atoms with Crippen molar-refractivity contribution in [3.8, 4) is 0 Å². The van der Waals surface area contributed by atoms with E-state index in [1.807, 2.05) is 0 Å². The molecule has 2 fully saturated rings. The number of carboxylic acids is 1. The van der Waals surface area contributed by atoms with Crippen LogP contribution in [0.2, 0.25) is 0 Å². The molecule has 2 heterocycles. The van der Waals surface area contributed by atoms with E-state index in [9.17, 15) is 9.90 Å². The van der Waals surface area contributed by atoms with E-state index in [1.165, 1.54) is 12.8 Å². The van der Waals surface area contributed by atoms with Crippen molar-refractivity contribution < 1.29 is 9.90 Å². The number of thiazole rings is 1. The molecule has 1 aliphatic carbocycles. The van der Waals surface area contributed by atoms with Crippen LogP contribution in [0.4, 0.5) is 0 Å². The highest BCUT2D eigenvalue weighted by molar-refractivity contribution is 7.09. The van der Waals surface area contributed by atoms with Crippen molar-refractivity contribution >= 4 is 17.3 Å². The summed E-state index contributed by atoms with van der Waals surface area (Å²) in [5.74, 6) is 0.732. The van der Waals surface area contributed by atoms with Crippen molar-refractivity contribution in [3.05, 3.63) is 16.1 Å². The molecule has 3 atom stereocenters. The van der Waals surface area contributed by atoms with Gasteiger partial charge in [-0.15, -0.1) is 11.3 Å². The van der Waals surface area contributed by atoms with E-state index in [0.717, 1.165) is 23.7 Å². The summed E-state index contributed by atoms with van der Waals surface area (Å²) < 4.78 is 0. The number of hydrogen-bond acceptors (Lipinski definition) is 4. The summed E-state index contributed by atoms with van der Waals surface area (Å²) in [4.78, 5) is 18.4. The zero-order valence-electron chi connectivity index (χ0n) is 12.1. The van der Waals surface area contributed by atoms with Gasteiger partial charge in [0, 0.05) is 24.4 Å². The Morgan fingerprint density at radius 2 is 2.35 bits per heavy atom. The van der Waals surface area contributed by atoms with E-state index in [0.29, 0.717) is 24.3 Å². The van der Waals surface area contributed by atoms with Gasteiger partial charge in [-0.05, 0) is 24.7 Å². The number of likely N-dealkylation sites (tertiary alicyclic amines) is 1. The monoisotopic (exact) mass is 294 g/mol. The summed E-state index contributed by atoms with van der Waals surface area (Å²) in [5, 5.41) is 12.8. The van der Waals surface area contributed by atoms with Crippen molar-refractivity contribution in [3.63, 3.8) is 0 Å².